The van der Waals surface area contributed by atoms with E-state index in [0.717, 1.165) is 25.9 Å². The van der Waals surface area contributed by atoms with E-state index in [9.17, 15) is 4.79 Å². The van der Waals surface area contributed by atoms with Crippen LogP contribution in [0.2, 0.25) is 0 Å². The van der Waals surface area contributed by atoms with Crippen LogP contribution in [0.25, 0.3) is 10.9 Å². The second-order valence-corrected chi connectivity index (χ2v) is 8.13. The molecule has 28 heavy (non-hydrogen) atoms. The highest BCUT2D eigenvalue weighted by molar-refractivity contribution is 5.88. The van der Waals surface area contributed by atoms with Crippen molar-refractivity contribution in [1.82, 2.24) is 19.4 Å². The van der Waals surface area contributed by atoms with E-state index < -0.39 is 0 Å². The zero-order valence-electron chi connectivity index (χ0n) is 16.4. The second kappa shape index (κ2) is 6.78. The number of likely N-dealkylation sites (tertiary alicyclic amines) is 1. The van der Waals surface area contributed by atoms with Crippen LogP contribution in [0.1, 0.15) is 41.0 Å². The topological polar surface area (TPSA) is 63.1 Å². The maximum absolute atomic E-state index is 12.2. The van der Waals surface area contributed by atoms with Gasteiger partial charge in [-0.05, 0) is 49.9 Å². The molecule has 2 aromatic heterocycles. The Balaban J connectivity index is 1.42. The number of hydrogen-bond donors (Lipinski definition) is 1. The summed E-state index contributed by atoms with van der Waals surface area (Å²) in [5.41, 5.74) is 4.16. The predicted molar refractivity (Wildman–Crippen MR) is 107 cm³/mol. The number of ether oxygens (including phenoxy) is 1. The van der Waals surface area contributed by atoms with Crippen molar-refractivity contribution < 1.29 is 9.53 Å². The summed E-state index contributed by atoms with van der Waals surface area (Å²) in [4.78, 5) is 22.4. The highest BCUT2D eigenvalue weighted by atomic mass is 16.5. The molecule has 1 saturated heterocycles. The molecule has 0 amide bonds. The summed E-state index contributed by atoms with van der Waals surface area (Å²) in [5, 5.41) is 1.42. The second-order valence-electron chi connectivity index (χ2n) is 8.13. The number of esters is 1. The van der Waals surface area contributed by atoms with Gasteiger partial charge in [0.05, 0.1) is 6.61 Å². The van der Waals surface area contributed by atoms with E-state index in [2.05, 4.69) is 46.3 Å². The molecule has 0 spiro atoms. The summed E-state index contributed by atoms with van der Waals surface area (Å²) in [5.74, 6) is 1.05. The average molecular weight is 378 g/mol. The Morgan fingerprint density at radius 1 is 1.39 bits per heavy atom. The van der Waals surface area contributed by atoms with Gasteiger partial charge in [-0.25, -0.2) is 9.78 Å². The summed E-state index contributed by atoms with van der Waals surface area (Å²) < 4.78 is 7.12. The number of carbonyl (C=O) groups excluding carboxylic acids is 1. The third-order valence-corrected chi connectivity index (χ3v) is 6.44. The van der Waals surface area contributed by atoms with E-state index in [1.807, 2.05) is 17.7 Å². The van der Waals surface area contributed by atoms with E-state index in [1.54, 1.807) is 6.20 Å². The van der Waals surface area contributed by atoms with Gasteiger partial charge >= 0.3 is 5.97 Å². The Morgan fingerprint density at radius 3 is 3.14 bits per heavy atom. The lowest BCUT2D eigenvalue weighted by Gasteiger charge is -2.45. The van der Waals surface area contributed by atoms with Gasteiger partial charge in [0.25, 0.3) is 0 Å². The van der Waals surface area contributed by atoms with Crippen LogP contribution in [-0.2, 0) is 17.7 Å². The molecule has 146 valence electrons. The molecule has 1 aromatic carbocycles. The normalized spacial score (nSPS) is 24.3. The van der Waals surface area contributed by atoms with Gasteiger partial charge in [0.15, 0.2) is 0 Å². The fourth-order valence-corrected chi connectivity index (χ4v) is 5.31. The number of piperidine rings is 1. The molecule has 0 radical (unpaired) electrons. The number of nitrogens with one attached hydrogen (secondary N) is 1. The van der Waals surface area contributed by atoms with Crippen molar-refractivity contribution in [3.63, 3.8) is 0 Å². The smallest absolute Gasteiger partial charge is 0.374 e. The Kier molecular flexibility index (Phi) is 4.23. The zero-order chi connectivity index (χ0) is 19.3. The van der Waals surface area contributed by atoms with Gasteiger partial charge in [-0.1, -0.05) is 12.1 Å². The number of H-pyrrole nitrogens is 1. The van der Waals surface area contributed by atoms with Gasteiger partial charge in [0.1, 0.15) is 0 Å². The van der Waals surface area contributed by atoms with E-state index in [1.165, 1.54) is 22.0 Å². The van der Waals surface area contributed by atoms with Gasteiger partial charge < -0.3 is 19.2 Å². The molecule has 2 aliphatic rings. The number of hydrogen-bond acceptors (Lipinski definition) is 4. The monoisotopic (exact) mass is 378 g/mol. The molecule has 0 saturated carbocycles. The van der Waals surface area contributed by atoms with Gasteiger partial charge in [0, 0.05) is 54.5 Å². The third kappa shape index (κ3) is 2.75. The first kappa shape index (κ1) is 17.5. The number of rotatable bonds is 4. The SMILES string of the molecule is CCOC(=O)c1nccn1C[C@@H]1CC2c3cccc4[nH]cc(c34)C[C@H]2N(C)C1. The quantitative estimate of drug-likeness (QED) is 0.708. The minimum atomic E-state index is -0.339. The Hall–Kier alpha value is -2.60. The maximum atomic E-state index is 12.2. The molecule has 0 bridgehead atoms. The molecular weight excluding hydrogens is 352 g/mol. The van der Waals surface area contributed by atoms with Crippen LogP contribution in [0, 0.1) is 5.92 Å². The van der Waals surface area contributed by atoms with Crippen molar-refractivity contribution >= 4 is 16.9 Å². The molecule has 3 heterocycles. The third-order valence-electron chi connectivity index (χ3n) is 6.44. The van der Waals surface area contributed by atoms with Crippen molar-refractivity contribution in [2.24, 2.45) is 5.92 Å². The number of likely N-dealkylation sites (N-methyl/N-ethyl adjacent to an activating group) is 1. The molecule has 1 fully saturated rings. The van der Waals surface area contributed by atoms with Crippen LogP contribution in [0.4, 0.5) is 0 Å². The molecular formula is C22H26N4O2. The molecule has 1 N–H and O–H groups in total. The van der Waals surface area contributed by atoms with Gasteiger partial charge in [-0.15, -0.1) is 0 Å². The van der Waals surface area contributed by atoms with E-state index in [-0.39, 0.29) is 5.97 Å². The highest BCUT2D eigenvalue weighted by Gasteiger charge is 2.39. The van der Waals surface area contributed by atoms with E-state index in [4.69, 9.17) is 4.74 Å². The minimum absolute atomic E-state index is 0.339. The standard InChI is InChI=1S/C22H26N4O2/c1-3-28-22(27)21-23-7-8-26(21)13-14-9-17-16-5-4-6-18-20(16)15(11-24-18)10-19(17)25(2)12-14/h4-8,11,14,17,19,24H,3,9-10,12-13H2,1-2H3/t14-,17?,19-/m1/s1. The molecule has 3 atom stereocenters. The first-order valence-corrected chi connectivity index (χ1v) is 10.1. The van der Waals surface area contributed by atoms with Crippen molar-refractivity contribution in [2.45, 2.75) is 38.3 Å². The average Bonchev–Trinajstić information content (AvgIpc) is 3.31. The van der Waals surface area contributed by atoms with Gasteiger partial charge in [0.2, 0.25) is 5.82 Å². The lowest BCUT2D eigenvalue weighted by molar-refractivity contribution is 0.0500. The largest absolute Gasteiger partial charge is 0.460 e. The van der Waals surface area contributed by atoms with Crippen LogP contribution >= 0.6 is 0 Å². The Bertz CT molecular complexity index is 1020. The molecule has 1 aliphatic heterocycles. The van der Waals surface area contributed by atoms with Crippen molar-refractivity contribution in [2.75, 3.05) is 20.2 Å². The lowest BCUT2D eigenvalue weighted by atomic mass is 9.72. The molecule has 1 unspecified atom stereocenters. The number of imidazole rings is 1. The number of fused-ring (bicyclic) bond motifs is 2. The Morgan fingerprint density at radius 2 is 2.29 bits per heavy atom. The number of carbonyl (C=O) groups is 1. The number of aromatic amines is 1. The summed E-state index contributed by atoms with van der Waals surface area (Å²) in [6, 6.07) is 7.17. The molecule has 1 aliphatic carbocycles. The lowest BCUT2D eigenvalue weighted by Crippen LogP contribution is -2.48. The van der Waals surface area contributed by atoms with Crippen LogP contribution in [0.5, 0.6) is 0 Å². The van der Waals surface area contributed by atoms with Crippen molar-refractivity contribution in [3.8, 4) is 0 Å². The maximum Gasteiger partial charge on any atom is 0.374 e. The molecule has 3 aromatic rings. The predicted octanol–water partition coefficient (Wildman–Crippen LogP) is 3.20. The zero-order valence-corrected chi connectivity index (χ0v) is 16.4. The molecule has 6 heteroatoms. The minimum Gasteiger partial charge on any atom is -0.460 e. The summed E-state index contributed by atoms with van der Waals surface area (Å²) in [7, 11) is 2.24. The van der Waals surface area contributed by atoms with Gasteiger partial charge in [-0.2, -0.15) is 0 Å². The van der Waals surface area contributed by atoms with Gasteiger partial charge in [-0.3, -0.25) is 0 Å². The number of aromatic nitrogens is 3. The fourth-order valence-electron chi connectivity index (χ4n) is 5.31. The Labute approximate surface area is 164 Å². The van der Waals surface area contributed by atoms with E-state index >= 15 is 0 Å². The van der Waals surface area contributed by atoms with Crippen LogP contribution in [0.15, 0.2) is 36.8 Å². The van der Waals surface area contributed by atoms with Crippen LogP contribution in [0.3, 0.4) is 0 Å². The van der Waals surface area contributed by atoms with Crippen LogP contribution < -0.4 is 0 Å². The highest BCUT2D eigenvalue weighted by Crippen LogP contribution is 2.44. The number of benzene rings is 1. The summed E-state index contributed by atoms with van der Waals surface area (Å²) >= 11 is 0. The van der Waals surface area contributed by atoms with E-state index in [0.29, 0.717) is 30.3 Å². The first-order chi connectivity index (χ1) is 13.7. The summed E-state index contributed by atoms with van der Waals surface area (Å²) in [6.07, 6.45) is 7.99. The fraction of sp³-hybridized carbons (Fsp3) is 0.455. The van der Waals surface area contributed by atoms with Crippen molar-refractivity contribution in [1.29, 1.82) is 0 Å². The molecule has 5 rings (SSSR count). The van der Waals surface area contributed by atoms with Crippen LogP contribution in [-0.4, -0.2) is 51.6 Å². The summed E-state index contributed by atoms with van der Waals surface area (Å²) in [6.45, 7) is 4.00. The molecule has 6 nitrogen and oxygen atoms in total. The number of nitrogens with zero attached hydrogens (tertiary/aromatic N) is 3. The first-order valence-electron chi connectivity index (χ1n) is 10.1. The van der Waals surface area contributed by atoms with Crippen molar-refractivity contribution in [3.05, 3.63) is 53.7 Å².